The van der Waals surface area contributed by atoms with E-state index in [0.717, 1.165) is 6.07 Å². The number of benzene rings is 1. The lowest BCUT2D eigenvalue weighted by Gasteiger charge is -2.35. The summed E-state index contributed by atoms with van der Waals surface area (Å²) in [4.78, 5) is -0.139. The van der Waals surface area contributed by atoms with Crippen molar-refractivity contribution in [2.75, 3.05) is 19.8 Å². The first-order valence-corrected chi connectivity index (χ1v) is 7.86. The van der Waals surface area contributed by atoms with Crippen LogP contribution < -0.4 is 4.72 Å². The van der Waals surface area contributed by atoms with Crippen LogP contribution in [0.5, 0.6) is 0 Å². The Morgan fingerprint density at radius 2 is 2.05 bits per heavy atom. The van der Waals surface area contributed by atoms with Gasteiger partial charge >= 0.3 is 0 Å². The van der Waals surface area contributed by atoms with Crippen molar-refractivity contribution in [3.8, 4) is 0 Å². The van der Waals surface area contributed by atoms with Crippen molar-refractivity contribution in [2.24, 2.45) is 0 Å². The summed E-state index contributed by atoms with van der Waals surface area (Å²) in [6, 6.07) is 3.76. The maximum Gasteiger partial charge on any atom is 0.241 e. The highest BCUT2D eigenvalue weighted by atomic mass is 32.2. The summed E-state index contributed by atoms with van der Waals surface area (Å²) >= 11 is 0. The van der Waals surface area contributed by atoms with Crippen LogP contribution in [0.1, 0.15) is 18.4 Å². The van der Waals surface area contributed by atoms with Crippen molar-refractivity contribution in [2.45, 2.75) is 30.2 Å². The van der Waals surface area contributed by atoms with Gasteiger partial charge in [0.15, 0.2) is 0 Å². The van der Waals surface area contributed by atoms with E-state index < -0.39 is 21.4 Å². The average Bonchev–Trinajstić information content (AvgIpc) is 2.42. The molecule has 0 saturated carbocycles. The molecule has 0 amide bonds. The Morgan fingerprint density at radius 3 is 2.60 bits per heavy atom. The van der Waals surface area contributed by atoms with E-state index in [1.165, 1.54) is 12.1 Å². The second kappa shape index (κ2) is 5.77. The molecule has 1 saturated heterocycles. The predicted octanol–water partition coefficient (Wildman–Crippen LogP) is 0.954. The molecular formula is C13H18FNO4S. The normalized spacial score (nSPS) is 18.9. The van der Waals surface area contributed by atoms with Gasteiger partial charge in [-0.05, 0) is 37.5 Å². The van der Waals surface area contributed by atoms with Gasteiger partial charge in [-0.15, -0.1) is 0 Å². The number of ether oxygens (including phenoxy) is 1. The third-order valence-corrected chi connectivity index (χ3v) is 5.13. The van der Waals surface area contributed by atoms with Crippen LogP contribution in [0.3, 0.4) is 0 Å². The van der Waals surface area contributed by atoms with Gasteiger partial charge in [0.1, 0.15) is 5.82 Å². The average molecular weight is 303 g/mol. The van der Waals surface area contributed by atoms with Gasteiger partial charge in [0, 0.05) is 13.2 Å². The number of hydrogen-bond acceptors (Lipinski definition) is 4. The van der Waals surface area contributed by atoms with Gasteiger partial charge in [-0.2, -0.15) is 0 Å². The van der Waals surface area contributed by atoms with Crippen LogP contribution in [0.25, 0.3) is 0 Å². The molecule has 0 spiro atoms. The lowest BCUT2D eigenvalue weighted by Crippen LogP contribution is -2.54. The van der Waals surface area contributed by atoms with E-state index in [1.54, 1.807) is 6.92 Å². The molecule has 0 radical (unpaired) electrons. The Kier molecular flexibility index (Phi) is 4.43. The number of aryl methyl sites for hydroxylation is 1. The quantitative estimate of drug-likeness (QED) is 0.868. The Labute approximate surface area is 117 Å². The lowest BCUT2D eigenvalue weighted by molar-refractivity contribution is 0.0223. The monoisotopic (exact) mass is 303 g/mol. The van der Waals surface area contributed by atoms with E-state index in [-0.39, 0.29) is 11.5 Å². The molecule has 0 bridgehead atoms. The second-order valence-electron chi connectivity index (χ2n) is 5.07. The SMILES string of the molecule is Cc1ccc(S(=O)(=O)NC2(CO)CCOCC2)cc1F. The molecule has 0 unspecified atom stereocenters. The summed E-state index contributed by atoms with van der Waals surface area (Å²) in [5, 5.41) is 9.49. The number of hydrogen-bond donors (Lipinski definition) is 2. The smallest absolute Gasteiger partial charge is 0.241 e. The van der Waals surface area contributed by atoms with Gasteiger partial charge < -0.3 is 9.84 Å². The van der Waals surface area contributed by atoms with Crippen LogP contribution in [0, 0.1) is 12.7 Å². The fourth-order valence-corrected chi connectivity index (χ4v) is 3.60. The minimum atomic E-state index is -3.88. The maximum atomic E-state index is 13.5. The highest BCUT2D eigenvalue weighted by Crippen LogP contribution is 2.24. The van der Waals surface area contributed by atoms with Crippen molar-refractivity contribution in [1.82, 2.24) is 4.72 Å². The molecule has 1 aromatic rings. The van der Waals surface area contributed by atoms with Gasteiger partial charge in [0.05, 0.1) is 17.0 Å². The molecule has 0 atom stereocenters. The summed E-state index contributed by atoms with van der Waals surface area (Å²) in [6.07, 6.45) is 0.772. The molecule has 2 rings (SSSR count). The minimum absolute atomic E-state index is 0.139. The standard InChI is InChI=1S/C13H18FNO4S/c1-10-2-3-11(8-12(10)14)20(17,18)15-13(9-16)4-6-19-7-5-13/h2-3,8,15-16H,4-7,9H2,1H3. The molecule has 1 aromatic carbocycles. The largest absolute Gasteiger partial charge is 0.394 e. The first-order valence-electron chi connectivity index (χ1n) is 6.37. The second-order valence-corrected chi connectivity index (χ2v) is 6.75. The van der Waals surface area contributed by atoms with Crippen LogP contribution in [0.15, 0.2) is 23.1 Å². The Morgan fingerprint density at radius 1 is 1.40 bits per heavy atom. The van der Waals surface area contributed by atoms with E-state index in [4.69, 9.17) is 4.74 Å². The van der Waals surface area contributed by atoms with E-state index in [2.05, 4.69) is 4.72 Å². The molecular weight excluding hydrogens is 285 g/mol. The zero-order valence-corrected chi connectivity index (χ0v) is 12.0. The molecule has 0 aliphatic carbocycles. The third-order valence-electron chi connectivity index (χ3n) is 3.56. The number of aliphatic hydroxyl groups excluding tert-OH is 1. The van der Waals surface area contributed by atoms with E-state index >= 15 is 0 Å². The fraction of sp³-hybridized carbons (Fsp3) is 0.538. The van der Waals surface area contributed by atoms with Crippen LogP contribution in [-0.4, -0.2) is 38.9 Å². The lowest BCUT2D eigenvalue weighted by atomic mass is 9.93. The molecule has 20 heavy (non-hydrogen) atoms. The van der Waals surface area contributed by atoms with Gasteiger partial charge in [0.2, 0.25) is 10.0 Å². The summed E-state index contributed by atoms with van der Waals surface area (Å²) in [5.74, 6) is -0.571. The van der Waals surface area contributed by atoms with Crippen LogP contribution >= 0.6 is 0 Å². The Bertz CT molecular complexity index is 582. The Hall–Kier alpha value is -1.02. The summed E-state index contributed by atoms with van der Waals surface area (Å²) in [6.45, 7) is 2.01. The number of nitrogens with one attached hydrogen (secondary N) is 1. The highest BCUT2D eigenvalue weighted by molar-refractivity contribution is 7.89. The van der Waals surface area contributed by atoms with Gasteiger partial charge in [-0.3, -0.25) is 0 Å². The molecule has 7 heteroatoms. The topological polar surface area (TPSA) is 75.6 Å². The van der Waals surface area contributed by atoms with Gasteiger partial charge in [0.25, 0.3) is 0 Å². The molecule has 1 fully saturated rings. The first-order chi connectivity index (χ1) is 9.38. The third kappa shape index (κ3) is 3.17. The zero-order chi connectivity index (χ0) is 14.8. The summed E-state index contributed by atoms with van der Waals surface area (Å²) in [7, 11) is -3.88. The van der Waals surface area contributed by atoms with Crippen LogP contribution in [0.4, 0.5) is 4.39 Å². The van der Waals surface area contributed by atoms with Crippen molar-refractivity contribution >= 4 is 10.0 Å². The molecule has 1 aliphatic heterocycles. The molecule has 2 N–H and O–H groups in total. The highest BCUT2D eigenvalue weighted by Gasteiger charge is 2.36. The van der Waals surface area contributed by atoms with Crippen molar-refractivity contribution in [3.63, 3.8) is 0 Å². The zero-order valence-electron chi connectivity index (χ0n) is 11.2. The van der Waals surface area contributed by atoms with Crippen molar-refractivity contribution in [3.05, 3.63) is 29.6 Å². The van der Waals surface area contributed by atoms with E-state index in [9.17, 15) is 17.9 Å². The summed E-state index contributed by atoms with van der Waals surface area (Å²) < 4.78 is 45.8. The van der Waals surface area contributed by atoms with E-state index in [1.807, 2.05) is 0 Å². The number of halogens is 1. The molecule has 1 heterocycles. The molecule has 1 aliphatic rings. The first kappa shape index (κ1) is 15.4. The van der Waals surface area contributed by atoms with Gasteiger partial charge in [-0.1, -0.05) is 6.07 Å². The Balaban J connectivity index is 2.27. The number of aliphatic hydroxyl groups is 1. The van der Waals surface area contributed by atoms with Gasteiger partial charge in [-0.25, -0.2) is 17.5 Å². The van der Waals surface area contributed by atoms with Crippen molar-refractivity contribution in [1.29, 1.82) is 0 Å². The van der Waals surface area contributed by atoms with Crippen LogP contribution in [-0.2, 0) is 14.8 Å². The van der Waals surface area contributed by atoms with E-state index in [0.29, 0.717) is 31.6 Å². The minimum Gasteiger partial charge on any atom is -0.394 e. The summed E-state index contributed by atoms with van der Waals surface area (Å²) in [5.41, 5.74) is -0.551. The molecule has 112 valence electrons. The van der Waals surface area contributed by atoms with Crippen LogP contribution in [0.2, 0.25) is 0 Å². The fourth-order valence-electron chi connectivity index (χ4n) is 2.14. The number of rotatable bonds is 4. The predicted molar refractivity (Wildman–Crippen MR) is 71.3 cm³/mol. The molecule has 0 aromatic heterocycles. The van der Waals surface area contributed by atoms with Crippen molar-refractivity contribution < 1.29 is 22.7 Å². The maximum absolute atomic E-state index is 13.5. The number of sulfonamides is 1. The molecule has 5 nitrogen and oxygen atoms in total.